The van der Waals surface area contributed by atoms with Crippen LogP contribution in [0.4, 0.5) is 10.1 Å². The molecule has 2 rings (SSSR count). The maximum Gasteiger partial charge on any atom is 0.146 e. The van der Waals surface area contributed by atoms with Gasteiger partial charge in [-0.3, -0.25) is 0 Å². The topological polar surface area (TPSA) is 51.8 Å². The minimum absolute atomic E-state index is 0.137. The third-order valence-corrected chi connectivity index (χ3v) is 1.87. The van der Waals surface area contributed by atoms with Crippen molar-refractivity contribution >= 4 is 5.69 Å². The maximum absolute atomic E-state index is 13.1. The minimum Gasteiger partial charge on any atom is -0.396 e. The lowest BCUT2D eigenvalue weighted by Gasteiger charge is -2.00. The van der Waals surface area contributed by atoms with E-state index in [1.807, 2.05) is 0 Å². The monoisotopic (exact) mass is 189 g/mol. The van der Waals surface area contributed by atoms with E-state index in [4.69, 9.17) is 5.73 Å². The molecule has 0 unspecified atom stereocenters. The summed E-state index contributed by atoms with van der Waals surface area (Å²) in [6, 6.07) is 8.08. The summed E-state index contributed by atoms with van der Waals surface area (Å²) in [5.41, 5.74) is 6.79. The second-order valence-electron chi connectivity index (χ2n) is 2.85. The van der Waals surface area contributed by atoms with E-state index in [0.717, 1.165) is 0 Å². The van der Waals surface area contributed by atoms with Crippen molar-refractivity contribution in [1.29, 1.82) is 0 Å². The minimum atomic E-state index is -0.437. The molecule has 1 heterocycles. The van der Waals surface area contributed by atoms with Crippen LogP contribution >= 0.6 is 0 Å². The molecule has 0 spiro atoms. The molecule has 0 amide bonds. The summed E-state index contributed by atoms with van der Waals surface area (Å²) in [5.74, 6) is -0.437. The molecule has 70 valence electrons. The Bertz CT molecular complexity index is 442. The molecule has 2 N–H and O–H groups in total. The van der Waals surface area contributed by atoms with Crippen LogP contribution in [0.15, 0.2) is 36.5 Å². The van der Waals surface area contributed by atoms with Gasteiger partial charge in [-0.05, 0) is 24.3 Å². The van der Waals surface area contributed by atoms with Gasteiger partial charge in [-0.25, -0.2) is 4.39 Å². The van der Waals surface area contributed by atoms with Crippen molar-refractivity contribution < 1.29 is 4.39 Å². The van der Waals surface area contributed by atoms with Gasteiger partial charge in [0.1, 0.15) is 5.82 Å². The SMILES string of the molecule is Nc1ccc(-c2cccnn2)cc1F. The molecule has 3 nitrogen and oxygen atoms in total. The highest BCUT2D eigenvalue weighted by Crippen LogP contribution is 2.20. The Labute approximate surface area is 80.4 Å². The summed E-state index contributed by atoms with van der Waals surface area (Å²) >= 11 is 0. The van der Waals surface area contributed by atoms with Crippen LogP contribution in [0, 0.1) is 5.82 Å². The van der Waals surface area contributed by atoms with Crippen molar-refractivity contribution in [3.05, 3.63) is 42.3 Å². The fourth-order valence-electron chi connectivity index (χ4n) is 1.14. The first-order chi connectivity index (χ1) is 6.77. The highest BCUT2D eigenvalue weighted by Gasteiger charge is 2.02. The number of halogens is 1. The second kappa shape index (κ2) is 3.41. The Kier molecular flexibility index (Phi) is 2.10. The van der Waals surface area contributed by atoms with Gasteiger partial charge in [0.15, 0.2) is 0 Å². The molecule has 0 saturated carbocycles. The standard InChI is InChI=1S/C10H8FN3/c11-8-6-7(3-4-9(8)12)10-2-1-5-13-14-10/h1-6H,12H2. The molecule has 0 aliphatic rings. The first-order valence-corrected chi connectivity index (χ1v) is 4.10. The molecule has 0 bridgehead atoms. The van der Waals surface area contributed by atoms with Gasteiger partial charge in [0.2, 0.25) is 0 Å². The van der Waals surface area contributed by atoms with Crippen LogP contribution < -0.4 is 5.73 Å². The number of rotatable bonds is 1. The number of nitrogens with two attached hydrogens (primary N) is 1. The largest absolute Gasteiger partial charge is 0.396 e. The van der Waals surface area contributed by atoms with Crippen molar-refractivity contribution in [2.24, 2.45) is 0 Å². The van der Waals surface area contributed by atoms with Gasteiger partial charge in [-0.2, -0.15) is 10.2 Å². The van der Waals surface area contributed by atoms with Crippen LogP contribution in [0.5, 0.6) is 0 Å². The average molecular weight is 189 g/mol. The van der Waals surface area contributed by atoms with Crippen LogP contribution in [0.2, 0.25) is 0 Å². The third-order valence-electron chi connectivity index (χ3n) is 1.87. The zero-order chi connectivity index (χ0) is 9.97. The van der Waals surface area contributed by atoms with Gasteiger partial charge in [-0.15, -0.1) is 0 Å². The normalized spacial score (nSPS) is 10.1. The molecular weight excluding hydrogens is 181 g/mol. The van der Waals surface area contributed by atoms with E-state index in [-0.39, 0.29) is 5.69 Å². The van der Waals surface area contributed by atoms with Gasteiger partial charge in [0.05, 0.1) is 11.4 Å². The van der Waals surface area contributed by atoms with Gasteiger partial charge in [-0.1, -0.05) is 6.07 Å². The van der Waals surface area contributed by atoms with Crippen LogP contribution in [0.3, 0.4) is 0 Å². The van der Waals surface area contributed by atoms with Crippen LogP contribution in [-0.2, 0) is 0 Å². The second-order valence-corrected chi connectivity index (χ2v) is 2.85. The Morgan fingerprint density at radius 2 is 2.07 bits per heavy atom. The van der Waals surface area contributed by atoms with E-state index in [1.165, 1.54) is 12.1 Å². The van der Waals surface area contributed by atoms with E-state index >= 15 is 0 Å². The summed E-state index contributed by atoms with van der Waals surface area (Å²) < 4.78 is 13.1. The van der Waals surface area contributed by atoms with Crippen LogP contribution in [0.25, 0.3) is 11.3 Å². The van der Waals surface area contributed by atoms with Crippen molar-refractivity contribution in [1.82, 2.24) is 10.2 Å². The van der Waals surface area contributed by atoms with E-state index in [9.17, 15) is 4.39 Å². The zero-order valence-electron chi connectivity index (χ0n) is 7.31. The fourth-order valence-corrected chi connectivity index (χ4v) is 1.14. The van der Waals surface area contributed by atoms with Gasteiger partial charge in [0, 0.05) is 11.8 Å². The lowest BCUT2D eigenvalue weighted by molar-refractivity contribution is 0.633. The van der Waals surface area contributed by atoms with E-state index < -0.39 is 5.82 Å². The van der Waals surface area contributed by atoms with E-state index in [2.05, 4.69) is 10.2 Å². The Morgan fingerprint density at radius 3 is 2.71 bits per heavy atom. The first-order valence-electron chi connectivity index (χ1n) is 4.10. The fraction of sp³-hybridized carbons (Fsp3) is 0. The Hall–Kier alpha value is -1.97. The number of benzene rings is 1. The summed E-state index contributed by atoms with van der Waals surface area (Å²) in [5, 5.41) is 7.57. The van der Waals surface area contributed by atoms with E-state index in [1.54, 1.807) is 24.4 Å². The smallest absolute Gasteiger partial charge is 0.146 e. The highest BCUT2D eigenvalue weighted by atomic mass is 19.1. The molecule has 0 aliphatic carbocycles. The Balaban J connectivity index is 2.48. The van der Waals surface area contributed by atoms with Crippen molar-refractivity contribution in [2.75, 3.05) is 5.73 Å². The number of anilines is 1. The molecule has 1 aromatic carbocycles. The number of nitrogen functional groups attached to an aromatic ring is 1. The lowest BCUT2D eigenvalue weighted by atomic mass is 10.1. The van der Waals surface area contributed by atoms with Gasteiger partial charge >= 0.3 is 0 Å². The molecule has 1 aromatic heterocycles. The first kappa shape index (κ1) is 8.62. The molecule has 0 aliphatic heterocycles. The molecule has 2 aromatic rings. The summed E-state index contributed by atoms with van der Waals surface area (Å²) in [6.07, 6.45) is 1.57. The highest BCUT2D eigenvalue weighted by molar-refractivity contribution is 5.61. The maximum atomic E-state index is 13.1. The lowest BCUT2D eigenvalue weighted by Crippen LogP contribution is -1.92. The van der Waals surface area contributed by atoms with Crippen molar-refractivity contribution in [3.8, 4) is 11.3 Å². The molecule has 0 saturated heterocycles. The number of nitrogens with zero attached hydrogens (tertiary/aromatic N) is 2. The quantitative estimate of drug-likeness (QED) is 0.696. The molecule has 14 heavy (non-hydrogen) atoms. The van der Waals surface area contributed by atoms with Crippen LogP contribution in [-0.4, -0.2) is 10.2 Å². The third kappa shape index (κ3) is 1.54. The molecule has 0 atom stereocenters. The number of aromatic nitrogens is 2. The van der Waals surface area contributed by atoms with Gasteiger partial charge < -0.3 is 5.73 Å². The Morgan fingerprint density at radius 1 is 1.21 bits per heavy atom. The summed E-state index contributed by atoms with van der Waals surface area (Å²) in [6.45, 7) is 0. The van der Waals surface area contributed by atoms with Crippen molar-refractivity contribution in [2.45, 2.75) is 0 Å². The summed E-state index contributed by atoms with van der Waals surface area (Å²) in [7, 11) is 0. The molecule has 0 radical (unpaired) electrons. The predicted molar refractivity (Wildman–Crippen MR) is 51.8 cm³/mol. The number of hydrogen-bond acceptors (Lipinski definition) is 3. The molecular formula is C10H8FN3. The number of hydrogen-bond donors (Lipinski definition) is 1. The average Bonchev–Trinajstić information content (AvgIpc) is 2.23. The molecule has 4 heteroatoms. The zero-order valence-corrected chi connectivity index (χ0v) is 7.31. The van der Waals surface area contributed by atoms with E-state index in [0.29, 0.717) is 11.3 Å². The molecule has 0 fully saturated rings. The van der Waals surface area contributed by atoms with Crippen molar-refractivity contribution in [3.63, 3.8) is 0 Å². The van der Waals surface area contributed by atoms with Crippen LogP contribution in [0.1, 0.15) is 0 Å². The summed E-state index contributed by atoms with van der Waals surface area (Å²) in [4.78, 5) is 0. The van der Waals surface area contributed by atoms with Gasteiger partial charge in [0.25, 0.3) is 0 Å². The predicted octanol–water partition coefficient (Wildman–Crippen LogP) is 1.86.